The summed E-state index contributed by atoms with van der Waals surface area (Å²) in [7, 11) is -1.78. The zero-order chi connectivity index (χ0) is 19.8. The lowest BCUT2D eigenvalue weighted by molar-refractivity contribution is -0.0797. The maximum atomic E-state index is 12.3. The van der Waals surface area contributed by atoms with Crippen molar-refractivity contribution in [1.29, 1.82) is 0 Å². The Hall–Kier alpha value is -1.53. The predicted molar refractivity (Wildman–Crippen MR) is 97.6 cm³/mol. The van der Waals surface area contributed by atoms with E-state index in [1.165, 1.54) is 28.2 Å². The van der Waals surface area contributed by atoms with Crippen LogP contribution in [0.25, 0.3) is 0 Å². The van der Waals surface area contributed by atoms with Crippen LogP contribution in [-0.4, -0.2) is 72.6 Å². The van der Waals surface area contributed by atoms with Crippen molar-refractivity contribution in [3.05, 3.63) is 22.7 Å². The zero-order valence-electron chi connectivity index (χ0n) is 15.6. The predicted octanol–water partition coefficient (Wildman–Crippen LogP) is -0.433. The van der Waals surface area contributed by atoms with Crippen LogP contribution in [0.1, 0.15) is 26.5 Å². The molecule has 2 fully saturated rings. The van der Waals surface area contributed by atoms with Gasteiger partial charge < -0.3 is 19.9 Å². The molecule has 0 aromatic carbocycles. The number of hydrogen-bond acceptors (Lipinski definition) is 8. The Balaban J connectivity index is 1.91. The van der Waals surface area contributed by atoms with Crippen molar-refractivity contribution in [1.82, 2.24) is 13.9 Å². The first kappa shape index (κ1) is 20.2. The van der Waals surface area contributed by atoms with E-state index in [1.54, 1.807) is 0 Å². The molecule has 0 spiro atoms. The second-order valence-electron chi connectivity index (χ2n) is 6.98. The van der Waals surface area contributed by atoms with Gasteiger partial charge in [0, 0.05) is 26.4 Å². The van der Waals surface area contributed by atoms with Crippen molar-refractivity contribution in [2.75, 3.05) is 31.7 Å². The maximum Gasteiger partial charge on any atom is 0.351 e. The second kappa shape index (κ2) is 7.84. The Bertz CT molecular complexity index is 826. The van der Waals surface area contributed by atoms with Crippen LogP contribution in [-0.2, 0) is 24.2 Å². The highest BCUT2D eigenvalue weighted by atomic mass is 32.2. The molecule has 0 saturated carbocycles. The number of aromatic nitrogens is 2. The van der Waals surface area contributed by atoms with Crippen molar-refractivity contribution in [3.63, 3.8) is 0 Å². The summed E-state index contributed by atoms with van der Waals surface area (Å²) in [6, 6.07) is 1.49. The van der Waals surface area contributed by atoms with Gasteiger partial charge in [0.25, 0.3) is 0 Å². The molecule has 0 bridgehead atoms. The van der Waals surface area contributed by atoms with E-state index in [1.807, 2.05) is 13.8 Å². The quantitative estimate of drug-likeness (QED) is 0.679. The Morgan fingerprint density at radius 3 is 2.70 bits per heavy atom. The third-order valence-corrected chi connectivity index (χ3v) is 6.62. The summed E-state index contributed by atoms with van der Waals surface area (Å²) in [6.45, 7) is 4.34. The fraction of sp³-hybridized carbons (Fsp3) is 0.750. The summed E-state index contributed by atoms with van der Waals surface area (Å²) < 4.78 is 44.7. The Labute approximate surface area is 158 Å². The molecule has 0 radical (unpaired) electrons. The van der Waals surface area contributed by atoms with Crippen LogP contribution in [0.4, 0.5) is 5.82 Å². The Kier molecular flexibility index (Phi) is 5.87. The average Bonchev–Trinajstić information content (AvgIpc) is 3.07. The van der Waals surface area contributed by atoms with Gasteiger partial charge in [0.2, 0.25) is 10.0 Å². The smallest absolute Gasteiger partial charge is 0.351 e. The number of nitrogens with two attached hydrogens (primary N) is 1. The molecule has 3 rings (SSSR count). The molecule has 4 atom stereocenters. The van der Waals surface area contributed by atoms with Gasteiger partial charge in [-0.05, 0) is 26.3 Å². The number of anilines is 1. The summed E-state index contributed by atoms with van der Waals surface area (Å²) >= 11 is 0. The lowest BCUT2D eigenvalue weighted by Crippen LogP contribution is -2.44. The summed E-state index contributed by atoms with van der Waals surface area (Å²) in [5, 5.41) is 0. The zero-order valence-corrected chi connectivity index (χ0v) is 16.5. The molecule has 1 aromatic heterocycles. The fourth-order valence-corrected chi connectivity index (χ4v) is 5.06. The SMILES string of the molecule is CO[C@@H]1[C@H](OC(C)C)[C@@H](CN2CCCS2(=O)=O)O[C@H]1n1ccc(N)nc1=O. The lowest BCUT2D eigenvalue weighted by atomic mass is 10.1. The first-order chi connectivity index (χ1) is 12.7. The first-order valence-electron chi connectivity index (χ1n) is 8.89. The Morgan fingerprint density at radius 1 is 1.41 bits per heavy atom. The number of nitrogens with zero attached hydrogens (tertiary/aromatic N) is 3. The van der Waals surface area contributed by atoms with Gasteiger partial charge in [-0.15, -0.1) is 0 Å². The van der Waals surface area contributed by atoms with Gasteiger partial charge in [-0.3, -0.25) is 4.57 Å². The molecular formula is C16H26N4O6S. The van der Waals surface area contributed by atoms with Gasteiger partial charge in [-0.1, -0.05) is 0 Å². The second-order valence-corrected chi connectivity index (χ2v) is 9.07. The van der Waals surface area contributed by atoms with E-state index in [9.17, 15) is 13.2 Å². The standard InChI is InChI=1S/C16H26N4O6S/c1-10(2)25-13-11(9-19-6-4-8-27(19,22)23)26-15(14(13)24-3)20-7-5-12(17)18-16(20)21/h5,7,10-11,13-15H,4,6,8-9H2,1-3H3,(H2,17,18,21)/t11-,13-,14-,15-/m1/s1. The van der Waals surface area contributed by atoms with Crippen molar-refractivity contribution in [2.45, 2.75) is 50.9 Å². The van der Waals surface area contributed by atoms with E-state index in [2.05, 4.69) is 4.98 Å². The number of nitrogen functional groups attached to an aromatic ring is 1. The van der Waals surface area contributed by atoms with Crippen molar-refractivity contribution < 1.29 is 22.6 Å². The number of rotatable bonds is 6. The van der Waals surface area contributed by atoms with E-state index < -0.39 is 40.3 Å². The molecule has 10 nitrogen and oxygen atoms in total. The molecule has 2 N–H and O–H groups in total. The van der Waals surface area contributed by atoms with Crippen molar-refractivity contribution in [2.24, 2.45) is 0 Å². The topological polar surface area (TPSA) is 126 Å². The highest BCUT2D eigenvalue weighted by Crippen LogP contribution is 2.34. The van der Waals surface area contributed by atoms with Crippen LogP contribution < -0.4 is 11.4 Å². The highest BCUT2D eigenvalue weighted by Gasteiger charge is 2.49. The summed E-state index contributed by atoms with van der Waals surface area (Å²) in [5.74, 6) is 0.242. The molecule has 152 valence electrons. The largest absolute Gasteiger partial charge is 0.383 e. The number of methoxy groups -OCH3 is 1. The van der Waals surface area contributed by atoms with Crippen LogP contribution >= 0.6 is 0 Å². The molecule has 2 aliphatic heterocycles. The summed E-state index contributed by atoms with van der Waals surface area (Å²) in [4.78, 5) is 16.0. The first-order valence-corrected chi connectivity index (χ1v) is 10.5. The molecular weight excluding hydrogens is 376 g/mol. The molecule has 11 heteroatoms. The normalized spacial score (nSPS) is 31.0. The van der Waals surface area contributed by atoms with Gasteiger partial charge in [0.1, 0.15) is 24.1 Å². The minimum Gasteiger partial charge on any atom is -0.383 e. The van der Waals surface area contributed by atoms with E-state index in [4.69, 9.17) is 19.9 Å². The summed E-state index contributed by atoms with van der Waals surface area (Å²) in [5.41, 5.74) is 4.99. The molecule has 2 aliphatic rings. The number of ether oxygens (including phenoxy) is 3. The van der Waals surface area contributed by atoms with Crippen LogP contribution in [0, 0.1) is 0 Å². The monoisotopic (exact) mass is 402 g/mol. The third kappa shape index (κ3) is 4.16. The van der Waals surface area contributed by atoms with E-state index >= 15 is 0 Å². The molecule has 1 aromatic rings. The molecule has 0 amide bonds. The average molecular weight is 402 g/mol. The van der Waals surface area contributed by atoms with Crippen molar-refractivity contribution in [3.8, 4) is 0 Å². The van der Waals surface area contributed by atoms with Crippen LogP contribution in [0.2, 0.25) is 0 Å². The molecule has 3 heterocycles. The lowest BCUT2D eigenvalue weighted by Gasteiger charge is -2.27. The minimum atomic E-state index is -3.29. The summed E-state index contributed by atoms with van der Waals surface area (Å²) in [6.07, 6.45) is -0.583. The van der Waals surface area contributed by atoms with Crippen LogP contribution in [0.3, 0.4) is 0 Å². The van der Waals surface area contributed by atoms with Gasteiger partial charge in [0.05, 0.1) is 11.9 Å². The van der Waals surface area contributed by atoms with Gasteiger partial charge in [0.15, 0.2) is 6.23 Å². The Morgan fingerprint density at radius 2 is 2.15 bits per heavy atom. The van der Waals surface area contributed by atoms with Crippen LogP contribution in [0.5, 0.6) is 0 Å². The third-order valence-electron chi connectivity index (χ3n) is 4.70. The van der Waals surface area contributed by atoms with Gasteiger partial charge in [-0.25, -0.2) is 13.2 Å². The number of hydrogen-bond donors (Lipinski definition) is 1. The number of sulfonamides is 1. The van der Waals surface area contributed by atoms with Crippen LogP contribution in [0.15, 0.2) is 17.1 Å². The molecule has 0 aliphatic carbocycles. The van der Waals surface area contributed by atoms with Gasteiger partial charge in [-0.2, -0.15) is 9.29 Å². The fourth-order valence-electron chi connectivity index (χ4n) is 3.53. The molecule has 2 saturated heterocycles. The minimum absolute atomic E-state index is 0.109. The molecule has 0 unspecified atom stereocenters. The van der Waals surface area contributed by atoms with E-state index in [-0.39, 0.29) is 24.2 Å². The maximum absolute atomic E-state index is 12.3. The molecule has 27 heavy (non-hydrogen) atoms. The van der Waals surface area contributed by atoms with Gasteiger partial charge >= 0.3 is 5.69 Å². The highest BCUT2D eigenvalue weighted by molar-refractivity contribution is 7.89. The van der Waals surface area contributed by atoms with E-state index in [0.717, 1.165) is 0 Å². The van der Waals surface area contributed by atoms with E-state index in [0.29, 0.717) is 13.0 Å². The van der Waals surface area contributed by atoms with Crippen molar-refractivity contribution >= 4 is 15.8 Å².